The van der Waals surface area contributed by atoms with Crippen molar-refractivity contribution in [2.75, 3.05) is 31.1 Å². The topological polar surface area (TPSA) is 104 Å². The van der Waals surface area contributed by atoms with Crippen molar-refractivity contribution >= 4 is 21.8 Å². The SMILES string of the molecule is CCC1(C(=O)O)CCCN(C(=O)NCCS(=O)(=O)CC)C1. The molecule has 2 amide bonds. The number of carbonyl (C=O) groups is 2. The van der Waals surface area contributed by atoms with Crippen LogP contribution in [0.25, 0.3) is 0 Å². The smallest absolute Gasteiger partial charge is 0.317 e. The first-order valence-corrected chi connectivity index (χ1v) is 9.05. The van der Waals surface area contributed by atoms with Gasteiger partial charge in [-0.25, -0.2) is 13.2 Å². The fraction of sp³-hybridized carbons (Fsp3) is 0.846. The number of likely N-dealkylation sites (tertiary alicyclic amines) is 1. The van der Waals surface area contributed by atoms with E-state index in [-0.39, 0.29) is 30.6 Å². The molecule has 122 valence electrons. The number of aliphatic carboxylic acids is 1. The molecule has 0 aromatic heterocycles. The summed E-state index contributed by atoms with van der Waals surface area (Å²) in [6.07, 6.45) is 1.67. The lowest BCUT2D eigenvalue weighted by Gasteiger charge is -2.39. The normalized spacial score (nSPS) is 22.9. The Morgan fingerprint density at radius 1 is 1.33 bits per heavy atom. The predicted molar refractivity (Wildman–Crippen MR) is 78.9 cm³/mol. The Hall–Kier alpha value is -1.31. The molecule has 0 saturated carbocycles. The average molecular weight is 320 g/mol. The number of rotatable bonds is 6. The van der Waals surface area contributed by atoms with Crippen molar-refractivity contribution in [1.82, 2.24) is 10.2 Å². The lowest BCUT2D eigenvalue weighted by Crippen LogP contribution is -2.52. The number of hydrogen-bond donors (Lipinski definition) is 2. The molecule has 0 aromatic rings. The average Bonchev–Trinajstić information content (AvgIpc) is 2.46. The number of carboxylic acid groups (broad SMARTS) is 1. The zero-order valence-corrected chi connectivity index (χ0v) is 13.4. The lowest BCUT2D eigenvalue weighted by atomic mass is 9.78. The molecule has 8 heteroatoms. The molecule has 7 nitrogen and oxygen atoms in total. The Labute approximate surface area is 125 Å². The molecule has 0 aliphatic carbocycles. The fourth-order valence-electron chi connectivity index (χ4n) is 2.49. The summed E-state index contributed by atoms with van der Waals surface area (Å²) in [6.45, 7) is 4.10. The summed E-state index contributed by atoms with van der Waals surface area (Å²) in [5.74, 6) is -0.929. The van der Waals surface area contributed by atoms with E-state index in [9.17, 15) is 23.1 Å². The minimum Gasteiger partial charge on any atom is -0.481 e. The summed E-state index contributed by atoms with van der Waals surface area (Å²) in [5.41, 5.74) is -0.884. The minimum atomic E-state index is -3.11. The highest BCUT2D eigenvalue weighted by Crippen LogP contribution is 2.33. The van der Waals surface area contributed by atoms with Gasteiger partial charge in [0.1, 0.15) is 0 Å². The van der Waals surface area contributed by atoms with Crippen LogP contribution in [0.4, 0.5) is 4.79 Å². The third-order valence-corrected chi connectivity index (χ3v) is 5.83. The second-order valence-electron chi connectivity index (χ2n) is 5.43. The molecule has 1 rings (SSSR count). The fourth-order valence-corrected chi connectivity index (χ4v) is 3.19. The van der Waals surface area contributed by atoms with Crippen LogP contribution in [0.2, 0.25) is 0 Å². The summed E-state index contributed by atoms with van der Waals surface area (Å²) < 4.78 is 22.7. The van der Waals surface area contributed by atoms with Crippen LogP contribution < -0.4 is 5.32 Å². The van der Waals surface area contributed by atoms with E-state index in [0.717, 1.165) is 0 Å². The van der Waals surface area contributed by atoms with Crippen molar-refractivity contribution in [2.24, 2.45) is 5.41 Å². The van der Waals surface area contributed by atoms with Gasteiger partial charge in [-0.15, -0.1) is 0 Å². The van der Waals surface area contributed by atoms with E-state index in [4.69, 9.17) is 0 Å². The number of nitrogens with one attached hydrogen (secondary N) is 1. The maximum absolute atomic E-state index is 12.0. The van der Waals surface area contributed by atoms with Gasteiger partial charge in [0.05, 0.1) is 11.2 Å². The number of carbonyl (C=O) groups excluding carboxylic acids is 1. The third kappa shape index (κ3) is 4.59. The van der Waals surface area contributed by atoms with E-state index in [1.807, 2.05) is 6.92 Å². The molecule has 1 heterocycles. The Bertz CT molecular complexity index is 491. The predicted octanol–water partition coefficient (Wildman–Crippen LogP) is 0.708. The van der Waals surface area contributed by atoms with E-state index >= 15 is 0 Å². The monoisotopic (exact) mass is 320 g/mol. The zero-order valence-electron chi connectivity index (χ0n) is 12.6. The molecule has 1 aliphatic heterocycles. The van der Waals surface area contributed by atoms with Gasteiger partial charge in [-0.1, -0.05) is 13.8 Å². The molecule has 0 spiro atoms. The van der Waals surface area contributed by atoms with E-state index in [1.165, 1.54) is 4.90 Å². The molecule has 0 aromatic carbocycles. The van der Waals surface area contributed by atoms with Gasteiger partial charge in [0.2, 0.25) is 0 Å². The minimum absolute atomic E-state index is 0.0462. The van der Waals surface area contributed by atoms with Crippen LogP contribution in [0.5, 0.6) is 0 Å². The van der Waals surface area contributed by atoms with Crippen molar-refractivity contribution in [1.29, 1.82) is 0 Å². The summed E-state index contributed by atoms with van der Waals surface area (Å²) in [4.78, 5) is 24.9. The number of nitrogens with zero attached hydrogens (tertiary/aromatic N) is 1. The molecule has 1 unspecified atom stereocenters. The van der Waals surface area contributed by atoms with Crippen LogP contribution in [-0.4, -0.2) is 61.6 Å². The summed E-state index contributed by atoms with van der Waals surface area (Å²) in [7, 11) is -3.11. The molecule has 0 radical (unpaired) electrons. The molecular formula is C13H24N2O5S. The largest absolute Gasteiger partial charge is 0.481 e. The summed E-state index contributed by atoms with van der Waals surface area (Å²) in [5, 5.41) is 11.9. The quantitative estimate of drug-likeness (QED) is 0.750. The van der Waals surface area contributed by atoms with Crippen molar-refractivity contribution in [3.8, 4) is 0 Å². The maximum Gasteiger partial charge on any atom is 0.317 e. The Balaban J connectivity index is 2.57. The maximum atomic E-state index is 12.0. The number of sulfone groups is 1. The molecule has 1 fully saturated rings. The number of piperidine rings is 1. The van der Waals surface area contributed by atoms with Gasteiger partial charge in [0.15, 0.2) is 9.84 Å². The Morgan fingerprint density at radius 2 is 2.00 bits per heavy atom. The highest BCUT2D eigenvalue weighted by molar-refractivity contribution is 7.91. The van der Waals surface area contributed by atoms with Crippen molar-refractivity contribution < 1.29 is 23.1 Å². The first-order valence-electron chi connectivity index (χ1n) is 7.23. The first kappa shape index (κ1) is 17.7. The molecule has 1 aliphatic rings. The van der Waals surface area contributed by atoms with E-state index in [0.29, 0.717) is 25.8 Å². The molecule has 21 heavy (non-hydrogen) atoms. The lowest BCUT2D eigenvalue weighted by molar-refractivity contribution is -0.152. The van der Waals surface area contributed by atoms with E-state index in [2.05, 4.69) is 5.32 Å². The van der Waals surface area contributed by atoms with Gasteiger partial charge in [0, 0.05) is 25.4 Å². The van der Waals surface area contributed by atoms with Crippen molar-refractivity contribution in [3.63, 3.8) is 0 Å². The second-order valence-corrected chi connectivity index (χ2v) is 7.91. The van der Waals surface area contributed by atoms with Crippen LogP contribution in [0.1, 0.15) is 33.1 Å². The summed E-state index contributed by atoms with van der Waals surface area (Å²) in [6, 6.07) is -0.389. The number of amides is 2. The van der Waals surface area contributed by atoms with Crippen LogP contribution in [0, 0.1) is 5.41 Å². The Kier molecular flexibility index (Phi) is 6.00. The highest BCUT2D eigenvalue weighted by atomic mass is 32.2. The number of hydrogen-bond acceptors (Lipinski definition) is 4. The van der Waals surface area contributed by atoms with Gasteiger partial charge < -0.3 is 15.3 Å². The zero-order chi connectivity index (χ0) is 16.1. The molecule has 1 atom stereocenters. The van der Waals surface area contributed by atoms with Gasteiger partial charge >= 0.3 is 12.0 Å². The van der Waals surface area contributed by atoms with E-state index < -0.39 is 21.2 Å². The number of carboxylic acids is 1. The molecule has 0 bridgehead atoms. The Morgan fingerprint density at radius 3 is 2.52 bits per heavy atom. The van der Waals surface area contributed by atoms with Gasteiger partial charge in [0.25, 0.3) is 0 Å². The molecule has 1 saturated heterocycles. The molecular weight excluding hydrogens is 296 g/mol. The van der Waals surface area contributed by atoms with E-state index in [1.54, 1.807) is 6.92 Å². The van der Waals surface area contributed by atoms with Crippen LogP contribution in [0.15, 0.2) is 0 Å². The van der Waals surface area contributed by atoms with Gasteiger partial charge in [-0.3, -0.25) is 4.79 Å². The van der Waals surface area contributed by atoms with Gasteiger partial charge in [-0.05, 0) is 19.3 Å². The number of urea groups is 1. The van der Waals surface area contributed by atoms with Crippen molar-refractivity contribution in [2.45, 2.75) is 33.1 Å². The standard InChI is InChI=1S/C13H24N2O5S/c1-3-13(11(16)17)6-5-8-15(10-13)12(18)14-7-9-21(19,20)4-2/h3-10H2,1-2H3,(H,14,18)(H,16,17). The molecule has 2 N–H and O–H groups in total. The summed E-state index contributed by atoms with van der Waals surface area (Å²) >= 11 is 0. The first-order chi connectivity index (χ1) is 9.76. The van der Waals surface area contributed by atoms with Crippen molar-refractivity contribution in [3.05, 3.63) is 0 Å². The van der Waals surface area contributed by atoms with Crippen LogP contribution in [0.3, 0.4) is 0 Å². The third-order valence-electron chi connectivity index (χ3n) is 4.12. The van der Waals surface area contributed by atoms with Gasteiger partial charge in [-0.2, -0.15) is 0 Å². The second kappa shape index (κ2) is 7.11. The highest BCUT2D eigenvalue weighted by Gasteiger charge is 2.42. The van der Waals surface area contributed by atoms with Crippen LogP contribution >= 0.6 is 0 Å². The van der Waals surface area contributed by atoms with Crippen LogP contribution in [-0.2, 0) is 14.6 Å².